The number of nitrogens with zero attached hydrogens (tertiary/aromatic N) is 2. The number of thiazole rings is 1. The molecular weight excluding hydrogens is 235 g/mol. The lowest BCUT2D eigenvalue weighted by Crippen LogP contribution is -1.81. The summed E-state index contributed by atoms with van der Waals surface area (Å²) in [5.41, 5.74) is 0.608. The third kappa shape index (κ3) is 2.27. The first-order valence-corrected chi connectivity index (χ1v) is 6.44. The molecule has 0 aliphatic carbocycles. The summed E-state index contributed by atoms with van der Waals surface area (Å²) < 4.78 is 24.7. The topological polar surface area (TPSA) is 42.9 Å². The second-order valence-corrected chi connectivity index (χ2v) is 5.47. The van der Waals surface area contributed by atoms with E-state index in [4.69, 9.17) is 0 Å². The fourth-order valence-corrected chi connectivity index (χ4v) is 2.59. The standard InChI is InChI=1S/C9H7FN2OS2/c1-15(13)8-5-12-9(14-8)6-2-7(10)4-11-3-6/h2-5H,1H3. The molecule has 0 spiro atoms. The van der Waals surface area contributed by atoms with Gasteiger partial charge in [0.1, 0.15) is 15.0 Å². The highest BCUT2D eigenvalue weighted by Gasteiger charge is 2.07. The summed E-state index contributed by atoms with van der Waals surface area (Å²) >= 11 is 1.28. The van der Waals surface area contributed by atoms with Crippen LogP contribution in [0.5, 0.6) is 0 Å². The minimum atomic E-state index is -1.05. The smallest absolute Gasteiger partial charge is 0.142 e. The van der Waals surface area contributed by atoms with Gasteiger partial charge in [-0.1, -0.05) is 0 Å². The molecule has 0 aliphatic rings. The van der Waals surface area contributed by atoms with Crippen molar-refractivity contribution in [1.82, 2.24) is 9.97 Å². The van der Waals surface area contributed by atoms with Crippen molar-refractivity contribution in [1.29, 1.82) is 0 Å². The molecule has 1 unspecified atom stereocenters. The van der Waals surface area contributed by atoms with Gasteiger partial charge < -0.3 is 0 Å². The lowest BCUT2D eigenvalue weighted by molar-refractivity contribution is 0.622. The average molecular weight is 242 g/mol. The normalized spacial score (nSPS) is 12.7. The Kier molecular flexibility index (Phi) is 2.88. The summed E-state index contributed by atoms with van der Waals surface area (Å²) in [6.07, 6.45) is 5.79. The molecule has 0 aromatic carbocycles. The van der Waals surface area contributed by atoms with E-state index >= 15 is 0 Å². The molecule has 0 fully saturated rings. The fraction of sp³-hybridized carbons (Fsp3) is 0.111. The number of aromatic nitrogens is 2. The Balaban J connectivity index is 2.41. The molecule has 0 amide bonds. The highest BCUT2D eigenvalue weighted by molar-refractivity contribution is 7.86. The Morgan fingerprint density at radius 1 is 1.40 bits per heavy atom. The van der Waals surface area contributed by atoms with E-state index in [2.05, 4.69) is 9.97 Å². The van der Waals surface area contributed by atoms with Crippen LogP contribution in [-0.2, 0) is 10.8 Å². The molecule has 6 heteroatoms. The van der Waals surface area contributed by atoms with Gasteiger partial charge in [-0.2, -0.15) is 0 Å². The second kappa shape index (κ2) is 4.16. The Bertz CT molecular complexity index is 512. The summed E-state index contributed by atoms with van der Waals surface area (Å²) in [5, 5.41) is 0.632. The lowest BCUT2D eigenvalue weighted by Gasteiger charge is -1.94. The predicted octanol–water partition coefficient (Wildman–Crippen LogP) is 2.08. The number of rotatable bonds is 2. The van der Waals surface area contributed by atoms with Gasteiger partial charge in [0.05, 0.1) is 23.2 Å². The van der Waals surface area contributed by atoms with Crippen LogP contribution >= 0.6 is 11.3 Å². The van der Waals surface area contributed by atoms with E-state index in [1.54, 1.807) is 12.5 Å². The van der Waals surface area contributed by atoms with Crippen LogP contribution in [0, 0.1) is 5.82 Å². The van der Waals surface area contributed by atoms with Crippen LogP contribution in [0.15, 0.2) is 28.9 Å². The van der Waals surface area contributed by atoms with Gasteiger partial charge in [-0.25, -0.2) is 9.37 Å². The number of halogens is 1. The van der Waals surface area contributed by atoms with Gasteiger partial charge >= 0.3 is 0 Å². The van der Waals surface area contributed by atoms with Crippen molar-refractivity contribution in [3.8, 4) is 10.6 Å². The first kappa shape index (κ1) is 10.4. The van der Waals surface area contributed by atoms with Crippen molar-refractivity contribution in [2.75, 3.05) is 6.26 Å². The molecule has 0 aliphatic heterocycles. The van der Waals surface area contributed by atoms with Crippen LogP contribution in [0.25, 0.3) is 10.6 Å². The van der Waals surface area contributed by atoms with Crippen LogP contribution in [-0.4, -0.2) is 20.4 Å². The van der Waals surface area contributed by atoms with Gasteiger partial charge in [-0.3, -0.25) is 9.19 Å². The summed E-state index contributed by atoms with van der Waals surface area (Å²) in [4.78, 5) is 7.80. The van der Waals surface area contributed by atoms with Gasteiger partial charge in [0.25, 0.3) is 0 Å². The van der Waals surface area contributed by atoms with Gasteiger partial charge in [-0.05, 0) is 6.07 Å². The molecule has 0 N–H and O–H groups in total. The highest BCUT2D eigenvalue weighted by atomic mass is 32.2. The summed E-state index contributed by atoms with van der Waals surface area (Å²) in [6.45, 7) is 0. The molecule has 0 bridgehead atoms. The Labute approximate surface area is 92.5 Å². The fourth-order valence-electron chi connectivity index (χ4n) is 1.05. The van der Waals surface area contributed by atoms with Crippen LogP contribution < -0.4 is 0 Å². The molecule has 2 rings (SSSR count). The SMILES string of the molecule is CS(=O)c1cnc(-c2cncc(F)c2)s1. The lowest BCUT2D eigenvalue weighted by atomic mass is 10.3. The summed E-state index contributed by atoms with van der Waals surface area (Å²) in [7, 11) is -1.05. The second-order valence-electron chi connectivity index (χ2n) is 2.83. The highest BCUT2D eigenvalue weighted by Crippen LogP contribution is 2.26. The van der Waals surface area contributed by atoms with E-state index in [1.807, 2.05) is 0 Å². The maximum absolute atomic E-state index is 12.9. The minimum absolute atomic E-state index is 0.401. The largest absolute Gasteiger partial charge is 0.261 e. The molecular formula is C9H7FN2OS2. The number of hydrogen-bond donors (Lipinski definition) is 0. The van der Waals surface area contributed by atoms with Gasteiger partial charge in [0.15, 0.2) is 0 Å². The third-order valence-corrected chi connectivity index (χ3v) is 4.19. The zero-order chi connectivity index (χ0) is 10.8. The molecule has 0 radical (unpaired) electrons. The Morgan fingerprint density at radius 2 is 2.20 bits per heavy atom. The van der Waals surface area contributed by atoms with Crippen molar-refractivity contribution >= 4 is 22.1 Å². The summed E-state index contributed by atoms with van der Waals surface area (Å²) in [5.74, 6) is -0.401. The van der Waals surface area contributed by atoms with Crippen molar-refractivity contribution < 1.29 is 8.60 Å². The molecule has 2 heterocycles. The maximum atomic E-state index is 12.9. The van der Waals surface area contributed by atoms with E-state index in [9.17, 15) is 8.60 Å². The number of hydrogen-bond acceptors (Lipinski definition) is 4. The number of pyridine rings is 1. The van der Waals surface area contributed by atoms with E-state index in [1.165, 1.54) is 23.6 Å². The van der Waals surface area contributed by atoms with Gasteiger partial charge in [0.2, 0.25) is 0 Å². The Hall–Kier alpha value is -1.14. The molecule has 1 atom stereocenters. The van der Waals surface area contributed by atoms with Crippen molar-refractivity contribution in [3.63, 3.8) is 0 Å². The zero-order valence-corrected chi connectivity index (χ0v) is 9.44. The monoisotopic (exact) mass is 242 g/mol. The quantitative estimate of drug-likeness (QED) is 0.809. The van der Waals surface area contributed by atoms with Gasteiger partial charge in [-0.15, -0.1) is 11.3 Å². The minimum Gasteiger partial charge on any atom is -0.261 e. The maximum Gasteiger partial charge on any atom is 0.142 e. The molecule has 2 aromatic heterocycles. The molecule has 0 saturated carbocycles. The molecule has 3 nitrogen and oxygen atoms in total. The van der Waals surface area contributed by atoms with E-state index in [0.717, 1.165) is 6.20 Å². The molecule has 0 saturated heterocycles. The van der Waals surface area contributed by atoms with E-state index < -0.39 is 16.6 Å². The van der Waals surface area contributed by atoms with Crippen LogP contribution in [0.1, 0.15) is 0 Å². The van der Waals surface area contributed by atoms with Crippen LogP contribution in [0.2, 0.25) is 0 Å². The average Bonchev–Trinajstić information content (AvgIpc) is 2.66. The summed E-state index contributed by atoms with van der Waals surface area (Å²) in [6, 6.07) is 1.36. The predicted molar refractivity (Wildman–Crippen MR) is 57.6 cm³/mol. The molecule has 15 heavy (non-hydrogen) atoms. The van der Waals surface area contributed by atoms with Crippen molar-refractivity contribution in [2.45, 2.75) is 4.21 Å². The van der Waals surface area contributed by atoms with Crippen molar-refractivity contribution in [3.05, 3.63) is 30.5 Å². The van der Waals surface area contributed by atoms with Gasteiger partial charge in [0, 0.05) is 18.0 Å². The van der Waals surface area contributed by atoms with E-state index in [-0.39, 0.29) is 0 Å². The van der Waals surface area contributed by atoms with Crippen LogP contribution in [0.3, 0.4) is 0 Å². The van der Waals surface area contributed by atoms with E-state index in [0.29, 0.717) is 14.8 Å². The third-order valence-electron chi connectivity index (χ3n) is 1.72. The molecule has 78 valence electrons. The first-order chi connectivity index (χ1) is 7.16. The molecule has 2 aromatic rings. The van der Waals surface area contributed by atoms with Crippen LogP contribution in [0.4, 0.5) is 4.39 Å². The first-order valence-electron chi connectivity index (χ1n) is 4.07. The Morgan fingerprint density at radius 3 is 2.80 bits per heavy atom. The zero-order valence-electron chi connectivity index (χ0n) is 7.81. The van der Waals surface area contributed by atoms with Crippen molar-refractivity contribution in [2.24, 2.45) is 0 Å².